The van der Waals surface area contributed by atoms with Crippen LogP contribution in [0.4, 0.5) is 0 Å². The van der Waals surface area contributed by atoms with E-state index in [1.807, 2.05) is 43.3 Å². The quantitative estimate of drug-likeness (QED) is 0.261. The van der Waals surface area contributed by atoms with Crippen molar-refractivity contribution in [3.63, 3.8) is 0 Å². The largest absolute Gasteiger partial charge is 0.416 e. The maximum absolute atomic E-state index is 12.8. The van der Waals surface area contributed by atoms with E-state index < -0.39 is 0 Å². The molecule has 4 rings (SSSR count). The van der Waals surface area contributed by atoms with Crippen molar-refractivity contribution in [2.45, 2.75) is 38.5 Å². The normalized spacial score (nSPS) is 11.1. The molecule has 0 amide bonds. The number of hydrogen-bond donors (Lipinski definition) is 0. The number of thiophene rings is 1. The van der Waals surface area contributed by atoms with Gasteiger partial charge in [-0.3, -0.25) is 4.79 Å². The SMILES string of the molecule is Cc1cc(C(=O)CSc2nnc(Cc3ccccc3)o2)c(C)n1CCc1cccs1. The Hall–Kier alpha value is -2.64. The molecule has 0 aliphatic carbocycles. The van der Waals surface area contributed by atoms with Crippen molar-refractivity contribution < 1.29 is 9.21 Å². The number of ketones is 1. The summed E-state index contributed by atoms with van der Waals surface area (Å²) >= 11 is 3.06. The van der Waals surface area contributed by atoms with E-state index in [0.717, 1.165) is 35.5 Å². The smallest absolute Gasteiger partial charge is 0.277 e. The van der Waals surface area contributed by atoms with Crippen molar-refractivity contribution in [3.8, 4) is 0 Å². The third-order valence-corrected chi connectivity index (χ3v) is 6.76. The third-order valence-electron chi connectivity index (χ3n) is 5.01. The lowest BCUT2D eigenvalue weighted by molar-refractivity contribution is 0.102. The molecule has 0 unspecified atom stereocenters. The number of carbonyl (C=O) groups excluding carboxylic acids is 1. The number of carbonyl (C=O) groups is 1. The molecular weight excluding hydrogens is 414 g/mol. The van der Waals surface area contributed by atoms with Crippen LogP contribution in [0.3, 0.4) is 0 Å². The Kier molecular flexibility index (Phi) is 6.50. The minimum atomic E-state index is 0.0817. The van der Waals surface area contributed by atoms with Gasteiger partial charge in [0.25, 0.3) is 5.22 Å². The molecule has 7 heteroatoms. The molecule has 0 aliphatic rings. The highest BCUT2D eigenvalue weighted by Crippen LogP contribution is 2.23. The number of aromatic nitrogens is 3. The summed E-state index contributed by atoms with van der Waals surface area (Å²) in [5, 5.41) is 10.7. The predicted molar refractivity (Wildman–Crippen MR) is 121 cm³/mol. The first kappa shape index (κ1) is 20.6. The Morgan fingerprint density at radius 1 is 1.13 bits per heavy atom. The molecule has 3 aromatic heterocycles. The Balaban J connectivity index is 1.36. The fourth-order valence-electron chi connectivity index (χ4n) is 3.45. The molecular formula is C23H23N3O2S2. The van der Waals surface area contributed by atoms with Gasteiger partial charge in [-0.15, -0.1) is 21.5 Å². The van der Waals surface area contributed by atoms with Crippen LogP contribution < -0.4 is 0 Å². The van der Waals surface area contributed by atoms with Gasteiger partial charge in [0.05, 0.1) is 12.2 Å². The first-order chi connectivity index (χ1) is 14.6. The fourth-order valence-corrected chi connectivity index (χ4v) is 4.81. The number of Topliss-reactive ketones (excluding diaryl/α,β-unsaturated/α-hetero) is 1. The Morgan fingerprint density at radius 2 is 1.97 bits per heavy atom. The van der Waals surface area contributed by atoms with Crippen LogP contribution >= 0.6 is 23.1 Å². The van der Waals surface area contributed by atoms with Crippen LogP contribution in [0, 0.1) is 13.8 Å². The summed E-state index contributed by atoms with van der Waals surface area (Å²) in [6, 6.07) is 16.2. The van der Waals surface area contributed by atoms with Gasteiger partial charge in [-0.25, -0.2) is 0 Å². The summed E-state index contributed by atoms with van der Waals surface area (Å²) in [5.74, 6) is 0.920. The minimum absolute atomic E-state index is 0.0817. The van der Waals surface area contributed by atoms with Gasteiger partial charge >= 0.3 is 0 Å². The third kappa shape index (κ3) is 4.91. The highest BCUT2D eigenvalue weighted by Gasteiger charge is 2.17. The molecule has 0 spiro atoms. The van der Waals surface area contributed by atoms with Gasteiger partial charge in [-0.1, -0.05) is 48.2 Å². The molecule has 0 radical (unpaired) electrons. The van der Waals surface area contributed by atoms with Gasteiger partial charge in [0.15, 0.2) is 5.78 Å². The Morgan fingerprint density at radius 3 is 2.73 bits per heavy atom. The summed E-state index contributed by atoms with van der Waals surface area (Å²) in [7, 11) is 0. The Labute approximate surface area is 184 Å². The Bertz CT molecular complexity index is 1120. The van der Waals surface area contributed by atoms with Crippen molar-refractivity contribution in [1.29, 1.82) is 0 Å². The maximum atomic E-state index is 12.8. The van der Waals surface area contributed by atoms with Crippen LogP contribution in [0.15, 0.2) is 63.6 Å². The second kappa shape index (κ2) is 9.45. The number of thioether (sulfide) groups is 1. The van der Waals surface area contributed by atoms with E-state index in [9.17, 15) is 4.79 Å². The highest BCUT2D eigenvalue weighted by atomic mass is 32.2. The van der Waals surface area contributed by atoms with Gasteiger partial charge < -0.3 is 8.98 Å². The summed E-state index contributed by atoms with van der Waals surface area (Å²) in [5.41, 5.74) is 4.02. The van der Waals surface area contributed by atoms with Crippen molar-refractivity contribution >= 4 is 28.9 Å². The van der Waals surface area contributed by atoms with Crippen molar-refractivity contribution in [2.75, 3.05) is 5.75 Å². The lowest BCUT2D eigenvalue weighted by Crippen LogP contribution is -2.08. The van der Waals surface area contributed by atoms with Crippen LogP contribution in [0.1, 0.15) is 38.1 Å². The van der Waals surface area contributed by atoms with E-state index in [1.165, 1.54) is 16.6 Å². The minimum Gasteiger partial charge on any atom is -0.416 e. The molecule has 0 atom stereocenters. The van der Waals surface area contributed by atoms with Crippen LogP contribution in [0.2, 0.25) is 0 Å². The topological polar surface area (TPSA) is 60.9 Å². The van der Waals surface area contributed by atoms with E-state index in [0.29, 0.717) is 17.5 Å². The number of nitrogens with zero attached hydrogens (tertiary/aromatic N) is 3. The van der Waals surface area contributed by atoms with E-state index in [4.69, 9.17) is 4.42 Å². The molecule has 5 nitrogen and oxygen atoms in total. The van der Waals surface area contributed by atoms with E-state index in [-0.39, 0.29) is 11.5 Å². The first-order valence-electron chi connectivity index (χ1n) is 9.81. The standard InChI is InChI=1S/C23H23N3O2S2/c1-16-13-20(17(2)26(16)11-10-19-9-6-12-29-19)21(27)15-30-23-25-24-22(28-23)14-18-7-4-3-5-8-18/h3-9,12-13H,10-11,14-15H2,1-2H3. The van der Waals surface area contributed by atoms with E-state index in [1.54, 1.807) is 11.3 Å². The molecule has 0 N–H and O–H groups in total. The zero-order chi connectivity index (χ0) is 20.9. The summed E-state index contributed by atoms with van der Waals surface area (Å²) in [4.78, 5) is 14.2. The molecule has 30 heavy (non-hydrogen) atoms. The zero-order valence-electron chi connectivity index (χ0n) is 17.0. The number of benzene rings is 1. The summed E-state index contributed by atoms with van der Waals surface area (Å²) in [6.45, 7) is 4.95. The average Bonchev–Trinajstić information content (AvgIpc) is 3.48. The first-order valence-corrected chi connectivity index (χ1v) is 11.7. The monoisotopic (exact) mass is 437 g/mol. The molecule has 3 heterocycles. The van der Waals surface area contributed by atoms with Crippen molar-refractivity contribution in [3.05, 3.63) is 87.2 Å². The van der Waals surface area contributed by atoms with Gasteiger partial charge in [-0.2, -0.15) is 0 Å². The lowest BCUT2D eigenvalue weighted by atomic mass is 10.2. The van der Waals surface area contributed by atoms with Gasteiger partial charge in [0.2, 0.25) is 5.89 Å². The second-order valence-corrected chi connectivity index (χ2v) is 9.06. The van der Waals surface area contributed by atoms with Crippen LogP contribution in [-0.2, 0) is 19.4 Å². The number of aryl methyl sites for hydroxylation is 2. The van der Waals surface area contributed by atoms with Crippen LogP contribution in [-0.4, -0.2) is 26.3 Å². The lowest BCUT2D eigenvalue weighted by Gasteiger charge is -2.09. The molecule has 154 valence electrons. The van der Waals surface area contributed by atoms with E-state index >= 15 is 0 Å². The van der Waals surface area contributed by atoms with Gasteiger partial charge in [0, 0.05) is 28.4 Å². The van der Waals surface area contributed by atoms with Crippen molar-refractivity contribution in [2.24, 2.45) is 0 Å². The molecule has 4 aromatic rings. The molecule has 0 aliphatic heterocycles. The molecule has 0 bridgehead atoms. The highest BCUT2D eigenvalue weighted by molar-refractivity contribution is 7.99. The predicted octanol–water partition coefficient (Wildman–Crippen LogP) is 5.36. The van der Waals surface area contributed by atoms with Crippen LogP contribution in [0.25, 0.3) is 0 Å². The maximum Gasteiger partial charge on any atom is 0.277 e. The van der Waals surface area contributed by atoms with Crippen LogP contribution in [0.5, 0.6) is 0 Å². The van der Waals surface area contributed by atoms with Crippen molar-refractivity contribution in [1.82, 2.24) is 14.8 Å². The summed E-state index contributed by atoms with van der Waals surface area (Å²) in [6.07, 6.45) is 1.57. The molecule has 0 saturated carbocycles. The summed E-state index contributed by atoms with van der Waals surface area (Å²) < 4.78 is 7.92. The van der Waals surface area contributed by atoms with E-state index in [2.05, 4.69) is 39.2 Å². The number of hydrogen-bond acceptors (Lipinski definition) is 6. The average molecular weight is 438 g/mol. The van der Waals surface area contributed by atoms with Gasteiger partial charge in [0.1, 0.15) is 0 Å². The molecule has 0 saturated heterocycles. The molecule has 0 fully saturated rings. The fraction of sp³-hybridized carbons (Fsp3) is 0.261. The second-order valence-electron chi connectivity index (χ2n) is 7.10. The zero-order valence-corrected chi connectivity index (χ0v) is 18.6. The number of rotatable bonds is 9. The molecule has 1 aromatic carbocycles. The van der Waals surface area contributed by atoms with Gasteiger partial charge in [-0.05, 0) is 43.3 Å².